The molecule has 0 bridgehead atoms. The predicted molar refractivity (Wildman–Crippen MR) is 74.6 cm³/mol. The molecule has 0 aromatic rings. The van der Waals surface area contributed by atoms with Crippen molar-refractivity contribution in [1.29, 1.82) is 0 Å². The summed E-state index contributed by atoms with van der Waals surface area (Å²) < 4.78 is 12.5. The zero-order valence-electron chi connectivity index (χ0n) is 12.1. The van der Waals surface area contributed by atoms with Gasteiger partial charge in [0.15, 0.2) is 0 Å². The average molecular weight is 256 g/mol. The summed E-state index contributed by atoms with van der Waals surface area (Å²) in [5.74, 6) is 0.724. The number of alkyl halides is 1. The molecule has 0 amide bonds. The van der Waals surface area contributed by atoms with Gasteiger partial charge in [0.2, 0.25) is 0 Å². The summed E-state index contributed by atoms with van der Waals surface area (Å²) in [6, 6.07) is 0.614. The SMILES string of the molecule is CC(C)CC1CNC2(CCCC2)CN1CCCF. The van der Waals surface area contributed by atoms with Crippen LogP contribution < -0.4 is 5.32 Å². The molecule has 0 radical (unpaired) electrons. The van der Waals surface area contributed by atoms with Crippen LogP contribution in [0, 0.1) is 5.92 Å². The molecule has 2 rings (SSSR count). The van der Waals surface area contributed by atoms with E-state index in [4.69, 9.17) is 0 Å². The number of piperazine rings is 1. The Morgan fingerprint density at radius 3 is 2.67 bits per heavy atom. The standard InChI is InChI=1S/C15H29FN2/c1-13(2)10-14-11-17-15(6-3-4-7-15)12-18(14)9-5-8-16/h13-14,17H,3-12H2,1-2H3. The van der Waals surface area contributed by atoms with Gasteiger partial charge >= 0.3 is 0 Å². The van der Waals surface area contributed by atoms with E-state index in [-0.39, 0.29) is 6.67 Å². The second-order valence-electron chi connectivity index (χ2n) is 6.66. The fraction of sp³-hybridized carbons (Fsp3) is 1.00. The maximum Gasteiger partial charge on any atom is 0.0906 e. The Hall–Kier alpha value is -0.150. The molecule has 106 valence electrons. The van der Waals surface area contributed by atoms with Crippen LogP contribution in [0.5, 0.6) is 0 Å². The van der Waals surface area contributed by atoms with Gasteiger partial charge < -0.3 is 5.32 Å². The molecule has 1 saturated carbocycles. The van der Waals surface area contributed by atoms with E-state index >= 15 is 0 Å². The first-order chi connectivity index (χ1) is 8.65. The minimum Gasteiger partial charge on any atom is -0.308 e. The molecule has 2 aliphatic rings. The van der Waals surface area contributed by atoms with E-state index in [1.807, 2.05) is 0 Å². The highest BCUT2D eigenvalue weighted by molar-refractivity contribution is 5.01. The Kier molecular flexibility index (Phi) is 5.02. The smallest absolute Gasteiger partial charge is 0.0906 e. The zero-order valence-corrected chi connectivity index (χ0v) is 12.1. The van der Waals surface area contributed by atoms with Crippen LogP contribution in [0.15, 0.2) is 0 Å². The van der Waals surface area contributed by atoms with Gasteiger partial charge in [-0.1, -0.05) is 26.7 Å². The highest BCUT2D eigenvalue weighted by Gasteiger charge is 2.40. The average Bonchev–Trinajstić information content (AvgIpc) is 2.78. The number of nitrogens with one attached hydrogen (secondary N) is 1. The van der Waals surface area contributed by atoms with Crippen molar-refractivity contribution in [3.63, 3.8) is 0 Å². The minimum atomic E-state index is -0.175. The predicted octanol–water partition coefficient (Wildman–Crippen LogP) is 2.98. The van der Waals surface area contributed by atoms with Crippen LogP contribution >= 0.6 is 0 Å². The number of rotatable bonds is 5. The zero-order chi connectivity index (χ0) is 13.0. The summed E-state index contributed by atoms with van der Waals surface area (Å²) in [5.41, 5.74) is 0.365. The first-order valence-electron chi connectivity index (χ1n) is 7.70. The Bertz CT molecular complexity index is 249. The summed E-state index contributed by atoms with van der Waals surface area (Å²) in [6.07, 6.45) is 7.28. The van der Waals surface area contributed by atoms with Gasteiger partial charge in [-0.2, -0.15) is 0 Å². The quantitative estimate of drug-likeness (QED) is 0.813. The number of hydrogen-bond donors (Lipinski definition) is 1. The molecule has 3 heteroatoms. The Labute approximate surface area is 111 Å². The molecule has 1 aliphatic heterocycles. The Balaban J connectivity index is 1.95. The van der Waals surface area contributed by atoms with Crippen molar-refractivity contribution >= 4 is 0 Å². The van der Waals surface area contributed by atoms with Crippen molar-refractivity contribution < 1.29 is 4.39 Å². The monoisotopic (exact) mass is 256 g/mol. The third kappa shape index (κ3) is 3.45. The van der Waals surface area contributed by atoms with E-state index in [9.17, 15) is 4.39 Å². The van der Waals surface area contributed by atoms with E-state index in [0.717, 1.165) is 25.6 Å². The normalized spacial score (nSPS) is 28.3. The molecule has 1 heterocycles. The van der Waals surface area contributed by atoms with Crippen LogP contribution in [-0.2, 0) is 0 Å². The van der Waals surface area contributed by atoms with Crippen molar-refractivity contribution in [3.05, 3.63) is 0 Å². The van der Waals surface area contributed by atoms with Crippen LogP contribution in [0.1, 0.15) is 52.4 Å². The molecule has 1 N–H and O–H groups in total. The fourth-order valence-corrected chi connectivity index (χ4v) is 3.72. The summed E-state index contributed by atoms with van der Waals surface area (Å²) in [4.78, 5) is 2.57. The topological polar surface area (TPSA) is 15.3 Å². The van der Waals surface area contributed by atoms with Gasteiger partial charge in [0.25, 0.3) is 0 Å². The van der Waals surface area contributed by atoms with E-state index < -0.39 is 0 Å². The van der Waals surface area contributed by atoms with Crippen molar-refractivity contribution in [2.75, 3.05) is 26.3 Å². The molecule has 1 aliphatic carbocycles. The Morgan fingerprint density at radius 2 is 2.06 bits per heavy atom. The molecule has 1 unspecified atom stereocenters. The van der Waals surface area contributed by atoms with Gasteiger partial charge in [-0.05, 0) is 31.6 Å². The van der Waals surface area contributed by atoms with Crippen molar-refractivity contribution in [3.8, 4) is 0 Å². The highest BCUT2D eigenvalue weighted by Crippen LogP contribution is 2.34. The molecule has 0 aromatic heterocycles. The second kappa shape index (κ2) is 6.33. The maximum atomic E-state index is 12.5. The van der Waals surface area contributed by atoms with E-state index in [1.165, 1.54) is 32.1 Å². The van der Waals surface area contributed by atoms with Gasteiger partial charge in [-0.3, -0.25) is 9.29 Å². The summed E-state index contributed by atoms with van der Waals surface area (Å²) in [5, 5.41) is 3.82. The van der Waals surface area contributed by atoms with Crippen LogP contribution in [0.3, 0.4) is 0 Å². The lowest BCUT2D eigenvalue weighted by Gasteiger charge is -2.47. The van der Waals surface area contributed by atoms with Crippen LogP contribution in [0.2, 0.25) is 0 Å². The van der Waals surface area contributed by atoms with Crippen LogP contribution in [0.4, 0.5) is 4.39 Å². The fourth-order valence-electron chi connectivity index (χ4n) is 3.72. The number of hydrogen-bond acceptors (Lipinski definition) is 2. The second-order valence-corrected chi connectivity index (χ2v) is 6.66. The van der Waals surface area contributed by atoms with E-state index in [0.29, 0.717) is 18.0 Å². The van der Waals surface area contributed by atoms with E-state index in [2.05, 4.69) is 24.1 Å². The van der Waals surface area contributed by atoms with Crippen molar-refractivity contribution in [2.45, 2.75) is 64.0 Å². The van der Waals surface area contributed by atoms with Gasteiger partial charge in [-0.15, -0.1) is 0 Å². The first-order valence-corrected chi connectivity index (χ1v) is 7.70. The molecule has 2 nitrogen and oxygen atoms in total. The van der Waals surface area contributed by atoms with Gasteiger partial charge in [0.1, 0.15) is 0 Å². The largest absolute Gasteiger partial charge is 0.308 e. The lowest BCUT2D eigenvalue weighted by Crippen LogP contribution is -2.63. The molecule has 1 saturated heterocycles. The maximum absolute atomic E-state index is 12.5. The molecule has 2 fully saturated rings. The summed E-state index contributed by atoms with van der Waals surface area (Å²) in [6.45, 7) is 7.58. The first kappa shape index (κ1) is 14.3. The molecular weight excluding hydrogens is 227 g/mol. The van der Waals surface area contributed by atoms with Gasteiger partial charge in [0.05, 0.1) is 6.67 Å². The molecule has 0 aromatic carbocycles. The Morgan fingerprint density at radius 1 is 1.33 bits per heavy atom. The highest BCUT2D eigenvalue weighted by atomic mass is 19.1. The third-order valence-corrected chi connectivity index (χ3v) is 4.62. The number of halogens is 1. The molecule has 1 spiro atoms. The summed E-state index contributed by atoms with van der Waals surface area (Å²) in [7, 11) is 0. The van der Waals surface area contributed by atoms with Gasteiger partial charge in [0, 0.05) is 31.2 Å². The van der Waals surface area contributed by atoms with Gasteiger partial charge in [-0.25, -0.2) is 0 Å². The number of nitrogens with zero attached hydrogens (tertiary/aromatic N) is 1. The van der Waals surface area contributed by atoms with Crippen LogP contribution in [0.25, 0.3) is 0 Å². The molecule has 18 heavy (non-hydrogen) atoms. The lowest BCUT2D eigenvalue weighted by atomic mass is 9.89. The lowest BCUT2D eigenvalue weighted by molar-refractivity contribution is 0.0668. The summed E-state index contributed by atoms with van der Waals surface area (Å²) >= 11 is 0. The minimum absolute atomic E-state index is 0.175. The van der Waals surface area contributed by atoms with Crippen molar-refractivity contribution in [1.82, 2.24) is 10.2 Å². The third-order valence-electron chi connectivity index (χ3n) is 4.62. The van der Waals surface area contributed by atoms with E-state index in [1.54, 1.807) is 0 Å². The molecular formula is C15H29FN2. The molecule has 1 atom stereocenters. The van der Waals surface area contributed by atoms with Crippen molar-refractivity contribution in [2.24, 2.45) is 5.92 Å². The van der Waals surface area contributed by atoms with Crippen LogP contribution in [-0.4, -0.2) is 42.8 Å².